The molecule has 0 amide bonds. The Kier molecular flexibility index (Phi) is 4.75. The molecule has 0 aliphatic rings. The molecule has 94 valence electrons. The van der Waals surface area contributed by atoms with Crippen molar-refractivity contribution >= 4 is 11.5 Å². The average molecular weight is 236 g/mol. The van der Waals surface area contributed by atoms with Gasteiger partial charge >= 0.3 is 0 Å². The minimum absolute atomic E-state index is 0.0381. The van der Waals surface area contributed by atoms with Gasteiger partial charge in [0.2, 0.25) is 0 Å². The van der Waals surface area contributed by atoms with Gasteiger partial charge in [-0.15, -0.1) is 0 Å². The first kappa shape index (κ1) is 13.3. The van der Waals surface area contributed by atoms with Gasteiger partial charge in [-0.25, -0.2) is 0 Å². The summed E-state index contributed by atoms with van der Waals surface area (Å²) in [5.41, 5.74) is 7.01. The van der Waals surface area contributed by atoms with Crippen LogP contribution in [0.15, 0.2) is 23.5 Å². The molecule has 0 spiro atoms. The van der Waals surface area contributed by atoms with Gasteiger partial charge in [0.05, 0.1) is 5.69 Å². The SMILES string of the molecule is CCCC(C)N(C)c1cccnc1/C(N)=N/O. The van der Waals surface area contributed by atoms with Crippen molar-refractivity contribution in [2.24, 2.45) is 10.9 Å². The minimum Gasteiger partial charge on any atom is -0.409 e. The maximum Gasteiger partial charge on any atom is 0.190 e. The number of hydrogen-bond donors (Lipinski definition) is 2. The molecule has 0 aliphatic heterocycles. The number of hydrogen-bond acceptors (Lipinski definition) is 4. The number of amidine groups is 1. The topological polar surface area (TPSA) is 74.7 Å². The maximum atomic E-state index is 8.74. The first-order chi connectivity index (χ1) is 8.11. The van der Waals surface area contributed by atoms with E-state index in [1.165, 1.54) is 0 Å². The van der Waals surface area contributed by atoms with Crippen molar-refractivity contribution < 1.29 is 5.21 Å². The maximum absolute atomic E-state index is 8.74. The van der Waals surface area contributed by atoms with Gasteiger partial charge in [0.15, 0.2) is 5.84 Å². The van der Waals surface area contributed by atoms with Crippen molar-refractivity contribution in [2.45, 2.75) is 32.7 Å². The quantitative estimate of drug-likeness (QED) is 0.354. The molecule has 1 rings (SSSR count). The van der Waals surface area contributed by atoms with E-state index >= 15 is 0 Å². The van der Waals surface area contributed by atoms with Crippen LogP contribution in [0.4, 0.5) is 5.69 Å². The van der Waals surface area contributed by atoms with E-state index in [2.05, 4.69) is 28.9 Å². The van der Waals surface area contributed by atoms with Crippen LogP contribution in [0.1, 0.15) is 32.4 Å². The van der Waals surface area contributed by atoms with Crippen LogP contribution in [-0.4, -0.2) is 29.1 Å². The molecule has 3 N–H and O–H groups in total. The molecule has 5 heteroatoms. The van der Waals surface area contributed by atoms with Gasteiger partial charge in [0, 0.05) is 19.3 Å². The lowest BCUT2D eigenvalue weighted by Gasteiger charge is -2.28. The predicted molar refractivity (Wildman–Crippen MR) is 69.5 cm³/mol. The molecule has 0 saturated carbocycles. The summed E-state index contributed by atoms with van der Waals surface area (Å²) in [5.74, 6) is 0.0381. The molecule has 1 atom stereocenters. The predicted octanol–water partition coefficient (Wildman–Crippen LogP) is 1.80. The highest BCUT2D eigenvalue weighted by molar-refractivity contribution is 6.00. The van der Waals surface area contributed by atoms with Crippen molar-refractivity contribution in [3.63, 3.8) is 0 Å². The van der Waals surface area contributed by atoms with Gasteiger partial charge < -0.3 is 15.8 Å². The number of anilines is 1. The molecule has 5 nitrogen and oxygen atoms in total. The summed E-state index contributed by atoms with van der Waals surface area (Å²) in [7, 11) is 1.99. The van der Waals surface area contributed by atoms with E-state index in [0.29, 0.717) is 11.7 Å². The lowest BCUT2D eigenvalue weighted by atomic mass is 10.1. The zero-order chi connectivity index (χ0) is 12.8. The first-order valence-electron chi connectivity index (χ1n) is 5.77. The van der Waals surface area contributed by atoms with E-state index in [4.69, 9.17) is 10.9 Å². The zero-order valence-electron chi connectivity index (χ0n) is 10.6. The smallest absolute Gasteiger partial charge is 0.190 e. The van der Waals surface area contributed by atoms with Crippen LogP contribution in [0.5, 0.6) is 0 Å². The van der Waals surface area contributed by atoms with Crippen LogP contribution >= 0.6 is 0 Å². The van der Waals surface area contributed by atoms with Gasteiger partial charge in [-0.2, -0.15) is 0 Å². The normalized spacial score (nSPS) is 13.5. The third-order valence-corrected chi connectivity index (χ3v) is 2.88. The van der Waals surface area contributed by atoms with E-state index in [-0.39, 0.29) is 5.84 Å². The van der Waals surface area contributed by atoms with Gasteiger partial charge in [0.25, 0.3) is 0 Å². The monoisotopic (exact) mass is 236 g/mol. The largest absolute Gasteiger partial charge is 0.409 e. The summed E-state index contributed by atoms with van der Waals surface area (Å²) in [6.45, 7) is 4.30. The molecule has 0 aromatic carbocycles. The van der Waals surface area contributed by atoms with Crippen molar-refractivity contribution in [2.75, 3.05) is 11.9 Å². The minimum atomic E-state index is 0.0381. The highest BCUT2D eigenvalue weighted by atomic mass is 16.4. The molecule has 1 aromatic rings. The van der Waals surface area contributed by atoms with Crippen LogP contribution in [0.3, 0.4) is 0 Å². The number of rotatable bonds is 5. The van der Waals surface area contributed by atoms with E-state index in [0.717, 1.165) is 18.5 Å². The number of nitrogens with two attached hydrogens (primary N) is 1. The van der Waals surface area contributed by atoms with Crippen molar-refractivity contribution in [1.82, 2.24) is 4.98 Å². The Bertz CT molecular complexity index is 392. The summed E-state index contributed by atoms with van der Waals surface area (Å²) in [6.07, 6.45) is 3.83. The molecule has 1 unspecified atom stereocenters. The summed E-state index contributed by atoms with van der Waals surface area (Å²) in [4.78, 5) is 6.26. The second-order valence-corrected chi connectivity index (χ2v) is 4.10. The van der Waals surface area contributed by atoms with E-state index < -0.39 is 0 Å². The molecule has 0 aliphatic carbocycles. The first-order valence-corrected chi connectivity index (χ1v) is 5.77. The summed E-state index contributed by atoms with van der Waals surface area (Å²) < 4.78 is 0. The van der Waals surface area contributed by atoms with Gasteiger partial charge in [-0.1, -0.05) is 18.5 Å². The second-order valence-electron chi connectivity index (χ2n) is 4.10. The second kappa shape index (κ2) is 6.08. The number of aromatic nitrogens is 1. The van der Waals surface area contributed by atoms with Crippen molar-refractivity contribution in [1.29, 1.82) is 0 Å². The fraction of sp³-hybridized carbons (Fsp3) is 0.500. The molecule has 17 heavy (non-hydrogen) atoms. The standard InChI is InChI=1S/C12H20N4O/c1-4-6-9(2)16(3)10-7-5-8-14-11(10)12(13)15-17/h5,7-9,17H,4,6H2,1-3H3,(H2,13,15). The number of oxime groups is 1. The summed E-state index contributed by atoms with van der Waals surface area (Å²) in [6, 6.07) is 4.15. The Balaban J connectivity index is 3.04. The van der Waals surface area contributed by atoms with Crippen molar-refractivity contribution in [3.8, 4) is 0 Å². The molecule has 0 saturated heterocycles. The Morgan fingerprint density at radius 2 is 2.35 bits per heavy atom. The molecule has 1 heterocycles. The summed E-state index contributed by atoms with van der Waals surface area (Å²) in [5, 5.41) is 11.8. The molecular formula is C12H20N4O. The number of pyridine rings is 1. The van der Waals surface area contributed by atoms with E-state index in [9.17, 15) is 0 Å². The van der Waals surface area contributed by atoms with E-state index in [1.54, 1.807) is 6.20 Å². The van der Waals surface area contributed by atoms with Crippen LogP contribution in [-0.2, 0) is 0 Å². The van der Waals surface area contributed by atoms with Crippen LogP contribution < -0.4 is 10.6 Å². The molecule has 1 aromatic heterocycles. The lowest BCUT2D eigenvalue weighted by Crippen LogP contribution is -2.31. The molecule has 0 fully saturated rings. The van der Waals surface area contributed by atoms with Gasteiger partial charge in [0.1, 0.15) is 5.69 Å². The highest BCUT2D eigenvalue weighted by Gasteiger charge is 2.15. The Morgan fingerprint density at radius 3 is 2.94 bits per heavy atom. The fourth-order valence-corrected chi connectivity index (χ4v) is 1.77. The summed E-state index contributed by atoms with van der Waals surface area (Å²) >= 11 is 0. The lowest BCUT2D eigenvalue weighted by molar-refractivity contribution is 0.318. The zero-order valence-corrected chi connectivity index (χ0v) is 10.6. The Labute approximate surface area is 102 Å². The third-order valence-electron chi connectivity index (χ3n) is 2.88. The van der Waals surface area contributed by atoms with Gasteiger partial charge in [-0.05, 0) is 25.5 Å². The number of nitrogens with zero attached hydrogens (tertiary/aromatic N) is 3. The molecule has 0 bridgehead atoms. The van der Waals surface area contributed by atoms with Crippen LogP contribution in [0.25, 0.3) is 0 Å². The van der Waals surface area contributed by atoms with Crippen LogP contribution in [0.2, 0.25) is 0 Å². The third kappa shape index (κ3) is 3.09. The van der Waals surface area contributed by atoms with Gasteiger partial charge in [-0.3, -0.25) is 4.98 Å². The fourth-order valence-electron chi connectivity index (χ4n) is 1.77. The molecule has 0 radical (unpaired) electrons. The highest BCUT2D eigenvalue weighted by Crippen LogP contribution is 2.20. The molecular weight excluding hydrogens is 216 g/mol. The Hall–Kier alpha value is -1.78. The van der Waals surface area contributed by atoms with E-state index in [1.807, 2.05) is 19.2 Å². The average Bonchev–Trinajstić information content (AvgIpc) is 2.37. The van der Waals surface area contributed by atoms with Crippen molar-refractivity contribution in [3.05, 3.63) is 24.0 Å². The van der Waals surface area contributed by atoms with Crippen LogP contribution in [0, 0.1) is 0 Å². The Morgan fingerprint density at radius 1 is 1.65 bits per heavy atom.